The average Bonchev–Trinajstić information content (AvgIpc) is 2.49. The van der Waals surface area contributed by atoms with Gasteiger partial charge in [0, 0.05) is 16.8 Å². The summed E-state index contributed by atoms with van der Waals surface area (Å²) in [7, 11) is 0. The number of hydrogen-bond acceptors (Lipinski definition) is 2. The van der Waals surface area contributed by atoms with E-state index >= 15 is 0 Å². The summed E-state index contributed by atoms with van der Waals surface area (Å²) in [4.78, 5) is 17.1. The van der Waals surface area contributed by atoms with Gasteiger partial charge in [-0.25, -0.2) is 0 Å². The molecule has 0 aliphatic carbocycles. The maximum atomic E-state index is 12.6. The van der Waals surface area contributed by atoms with Crippen molar-refractivity contribution in [1.29, 1.82) is 0 Å². The lowest BCUT2D eigenvalue weighted by molar-refractivity contribution is 0.102. The topological polar surface area (TPSA) is 42.0 Å². The van der Waals surface area contributed by atoms with Crippen LogP contribution in [-0.2, 0) is 0 Å². The van der Waals surface area contributed by atoms with Crippen molar-refractivity contribution in [3.63, 3.8) is 0 Å². The lowest BCUT2D eigenvalue weighted by Gasteiger charge is -2.10. The molecule has 0 atom stereocenters. The first-order chi connectivity index (χ1) is 10.5. The lowest BCUT2D eigenvalue weighted by atomic mass is 10.0. The molecule has 0 aliphatic rings. The molecule has 0 saturated carbocycles. The molecule has 0 fully saturated rings. The molecular formula is C19H18N2O. The van der Waals surface area contributed by atoms with Crippen molar-refractivity contribution < 1.29 is 4.79 Å². The number of benzene rings is 2. The quantitative estimate of drug-likeness (QED) is 0.759. The second kappa shape index (κ2) is 5.60. The van der Waals surface area contributed by atoms with E-state index in [9.17, 15) is 4.79 Å². The first kappa shape index (κ1) is 14.3. The van der Waals surface area contributed by atoms with Gasteiger partial charge in [0.15, 0.2) is 0 Å². The highest BCUT2D eigenvalue weighted by molar-refractivity contribution is 6.12. The Labute approximate surface area is 130 Å². The molecule has 1 N–H and O–H groups in total. The maximum Gasteiger partial charge on any atom is 0.256 e. The van der Waals surface area contributed by atoms with Gasteiger partial charge in [0.1, 0.15) is 0 Å². The van der Waals surface area contributed by atoms with E-state index < -0.39 is 0 Å². The predicted molar refractivity (Wildman–Crippen MR) is 90.3 cm³/mol. The predicted octanol–water partition coefficient (Wildman–Crippen LogP) is 4.41. The zero-order valence-corrected chi connectivity index (χ0v) is 13.0. The van der Waals surface area contributed by atoms with Crippen LogP contribution in [0.5, 0.6) is 0 Å². The molecule has 0 radical (unpaired) electrons. The van der Waals surface area contributed by atoms with E-state index in [1.165, 1.54) is 5.56 Å². The Morgan fingerprint density at radius 2 is 1.59 bits per heavy atom. The van der Waals surface area contributed by atoms with Gasteiger partial charge in [0.2, 0.25) is 0 Å². The summed E-state index contributed by atoms with van der Waals surface area (Å²) in [6.45, 7) is 5.94. The van der Waals surface area contributed by atoms with Crippen molar-refractivity contribution in [2.24, 2.45) is 0 Å². The molecule has 0 aliphatic heterocycles. The summed E-state index contributed by atoms with van der Waals surface area (Å²) in [6, 6.07) is 15.6. The number of rotatable bonds is 2. The number of nitrogens with zero attached hydrogens (tertiary/aromatic N) is 1. The molecule has 3 aromatic rings. The van der Waals surface area contributed by atoms with Crippen LogP contribution in [0.3, 0.4) is 0 Å². The Hall–Kier alpha value is -2.68. The highest BCUT2D eigenvalue weighted by atomic mass is 16.1. The molecule has 0 unspecified atom stereocenters. The number of pyridine rings is 1. The zero-order valence-electron chi connectivity index (χ0n) is 13.0. The molecule has 3 nitrogen and oxygen atoms in total. The third-order valence-corrected chi connectivity index (χ3v) is 3.65. The van der Waals surface area contributed by atoms with Gasteiger partial charge in [0.05, 0.1) is 11.1 Å². The first-order valence-electron chi connectivity index (χ1n) is 7.29. The van der Waals surface area contributed by atoms with Crippen molar-refractivity contribution in [3.05, 3.63) is 70.9 Å². The largest absolute Gasteiger partial charge is 0.322 e. The fraction of sp³-hybridized carbons (Fsp3) is 0.158. The van der Waals surface area contributed by atoms with Crippen LogP contribution in [0.1, 0.15) is 27.2 Å². The van der Waals surface area contributed by atoms with Crippen molar-refractivity contribution in [2.75, 3.05) is 5.32 Å². The van der Waals surface area contributed by atoms with Crippen LogP contribution in [0.25, 0.3) is 10.9 Å². The van der Waals surface area contributed by atoms with Gasteiger partial charge < -0.3 is 5.32 Å². The number of carbonyl (C=O) groups is 1. The summed E-state index contributed by atoms with van der Waals surface area (Å²) >= 11 is 0. The summed E-state index contributed by atoms with van der Waals surface area (Å²) < 4.78 is 0. The number of anilines is 1. The van der Waals surface area contributed by atoms with E-state index in [0.29, 0.717) is 5.56 Å². The molecule has 1 heterocycles. The zero-order chi connectivity index (χ0) is 15.7. The van der Waals surface area contributed by atoms with Crippen LogP contribution in [0.4, 0.5) is 5.69 Å². The second-order valence-electron chi connectivity index (χ2n) is 5.65. The van der Waals surface area contributed by atoms with E-state index in [0.717, 1.165) is 27.8 Å². The number of hydrogen-bond donors (Lipinski definition) is 1. The van der Waals surface area contributed by atoms with Gasteiger partial charge >= 0.3 is 0 Å². The Morgan fingerprint density at radius 1 is 0.909 bits per heavy atom. The monoisotopic (exact) mass is 290 g/mol. The molecule has 0 saturated heterocycles. The molecule has 0 bridgehead atoms. The summed E-state index contributed by atoms with van der Waals surface area (Å²) in [5, 5.41) is 3.84. The Balaban J connectivity index is 2.03. The van der Waals surface area contributed by atoms with E-state index in [1.807, 2.05) is 69.3 Å². The molecule has 3 heteroatoms. The molecular weight excluding hydrogens is 272 g/mol. The highest BCUT2D eigenvalue weighted by Gasteiger charge is 2.12. The smallest absolute Gasteiger partial charge is 0.256 e. The van der Waals surface area contributed by atoms with Crippen molar-refractivity contribution in [3.8, 4) is 0 Å². The molecule has 110 valence electrons. The van der Waals surface area contributed by atoms with Gasteiger partial charge in [-0.1, -0.05) is 29.3 Å². The molecule has 3 rings (SSSR count). The van der Waals surface area contributed by atoms with Gasteiger partial charge in [-0.15, -0.1) is 0 Å². The van der Waals surface area contributed by atoms with Crippen molar-refractivity contribution in [2.45, 2.75) is 20.8 Å². The van der Waals surface area contributed by atoms with Crippen LogP contribution in [0.2, 0.25) is 0 Å². The number of amides is 1. The van der Waals surface area contributed by atoms with Gasteiger partial charge in [-0.05, 0) is 51.1 Å². The second-order valence-corrected chi connectivity index (χ2v) is 5.65. The van der Waals surface area contributed by atoms with Gasteiger partial charge in [-0.3, -0.25) is 9.78 Å². The minimum atomic E-state index is -0.107. The average molecular weight is 290 g/mol. The van der Waals surface area contributed by atoms with E-state index in [2.05, 4.69) is 10.3 Å². The van der Waals surface area contributed by atoms with Crippen LogP contribution in [0.15, 0.2) is 48.5 Å². The third kappa shape index (κ3) is 2.84. The van der Waals surface area contributed by atoms with Crippen LogP contribution in [0, 0.1) is 20.8 Å². The molecule has 0 spiro atoms. The van der Waals surface area contributed by atoms with Crippen molar-refractivity contribution >= 4 is 22.5 Å². The minimum Gasteiger partial charge on any atom is -0.322 e. The summed E-state index contributed by atoms with van der Waals surface area (Å²) in [6.07, 6.45) is 0. The van der Waals surface area contributed by atoms with Crippen molar-refractivity contribution in [1.82, 2.24) is 4.98 Å². The van der Waals surface area contributed by atoms with E-state index in [-0.39, 0.29) is 5.91 Å². The fourth-order valence-electron chi connectivity index (χ4n) is 2.50. The van der Waals surface area contributed by atoms with Crippen LogP contribution >= 0.6 is 0 Å². The van der Waals surface area contributed by atoms with Crippen LogP contribution < -0.4 is 5.32 Å². The maximum absolute atomic E-state index is 12.6. The molecule has 1 aromatic heterocycles. The summed E-state index contributed by atoms with van der Waals surface area (Å²) in [5.41, 5.74) is 5.42. The molecule has 22 heavy (non-hydrogen) atoms. The molecule has 1 amide bonds. The Bertz CT molecular complexity index is 851. The normalized spacial score (nSPS) is 10.7. The number of carbonyl (C=O) groups excluding carboxylic acids is 1. The number of nitrogens with one attached hydrogen (secondary N) is 1. The third-order valence-electron chi connectivity index (χ3n) is 3.65. The molecule has 2 aromatic carbocycles. The standard InChI is InChI=1S/C19H18N2O/c1-12-4-7-15(8-5-12)21-19(22)17-11-14(3)20-18-9-6-13(2)10-16(17)18/h4-11H,1-3H3,(H,21,22). The van der Waals surface area contributed by atoms with E-state index in [1.54, 1.807) is 0 Å². The number of aromatic nitrogens is 1. The van der Waals surface area contributed by atoms with E-state index in [4.69, 9.17) is 0 Å². The number of aryl methyl sites for hydroxylation is 3. The van der Waals surface area contributed by atoms with Gasteiger partial charge in [-0.2, -0.15) is 0 Å². The first-order valence-corrected chi connectivity index (χ1v) is 7.29. The fourth-order valence-corrected chi connectivity index (χ4v) is 2.50. The van der Waals surface area contributed by atoms with Crippen LogP contribution in [-0.4, -0.2) is 10.9 Å². The Kier molecular flexibility index (Phi) is 3.63. The highest BCUT2D eigenvalue weighted by Crippen LogP contribution is 2.21. The number of fused-ring (bicyclic) bond motifs is 1. The lowest BCUT2D eigenvalue weighted by Crippen LogP contribution is -2.13. The summed E-state index contributed by atoms with van der Waals surface area (Å²) in [5.74, 6) is -0.107. The minimum absolute atomic E-state index is 0.107. The SMILES string of the molecule is Cc1ccc(NC(=O)c2cc(C)nc3ccc(C)cc23)cc1. The Morgan fingerprint density at radius 3 is 2.32 bits per heavy atom. The van der Waals surface area contributed by atoms with Gasteiger partial charge in [0.25, 0.3) is 5.91 Å².